The third-order valence-corrected chi connectivity index (χ3v) is 6.68. The molecule has 2 aliphatic rings. The molecule has 2 heterocycles. The lowest BCUT2D eigenvalue weighted by molar-refractivity contribution is -0.134. The zero-order chi connectivity index (χ0) is 25.7. The van der Waals surface area contributed by atoms with E-state index in [-0.39, 0.29) is 17.9 Å². The van der Waals surface area contributed by atoms with Crippen LogP contribution in [0.25, 0.3) is 0 Å². The van der Waals surface area contributed by atoms with Crippen molar-refractivity contribution in [3.63, 3.8) is 0 Å². The first-order chi connectivity index (χ1) is 17.3. The molecule has 0 aromatic heterocycles. The maximum Gasteiger partial charge on any atom is 0.256 e. The second-order valence-electron chi connectivity index (χ2n) is 9.13. The number of nitrogens with zero attached hydrogens (tertiary/aromatic N) is 3. The Hall–Kier alpha value is -3.63. The lowest BCUT2D eigenvalue weighted by atomic mass is 9.96. The molecule has 2 saturated heterocycles. The number of carbonyl (C=O) groups excluding carboxylic acids is 3. The molecule has 0 atom stereocenters. The van der Waals surface area contributed by atoms with Gasteiger partial charge in [-0.25, -0.2) is 4.39 Å². The zero-order valence-electron chi connectivity index (χ0n) is 20.2. The molecule has 10 heteroatoms. The summed E-state index contributed by atoms with van der Waals surface area (Å²) in [5.41, 5.74) is 7.27. The zero-order valence-corrected chi connectivity index (χ0v) is 20.2. The summed E-state index contributed by atoms with van der Waals surface area (Å²) >= 11 is 0. The van der Waals surface area contributed by atoms with Crippen molar-refractivity contribution in [1.29, 1.82) is 0 Å². The highest BCUT2D eigenvalue weighted by molar-refractivity contribution is 6.08. The lowest BCUT2D eigenvalue weighted by Crippen LogP contribution is -2.54. The molecular weight excluding hydrogens is 463 g/mol. The average Bonchev–Trinajstić information content (AvgIpc) is 2.90. The van der Waals surface area contributed by atoms with E-state index in [1.165, 1.54) is 12.1 Å². The van der Waals surface area contributed by atoms with E-state index in [1.54, 1.807) is 40.1 Å². The minimum atomic E-state index is -0.614. The Labute approximate surface area is 209 Å². The fourth-order valence-electron chi connectivity index (χ4n) is 4.63. The van der Waals surface area contributed by atoms with Crippen LogP contribution in [0.1, 0.15) is 31.8 Å². The van der Waals surface area contributed by atoms with Crippen LogP contribution < -0.4 is 16.5 Å². The molecule has 0 aliphatic carbocycles. The number of amides is 3. The normalized spacial score (nSPS) is 16.6. The van der Waals surface area contributed by atoms with Gasteiger partial charge in [-0.2, -0.15) is 0 Å². The summed E-state index contributed by atoms with van der Waals surface area (Å²) in [5, 5.41) is 9.53. The molecule has 0 saturated carbocycles. The van der Waals surface area contributed by atoms with Gasteiger partial charge in [0.15, 0.2) is 5.71 Å². The molecule has 9 nitrogen and oxygen atoms in total. The molecule has 0 spiro atoms. The van der Waals surface area contributed by atoms with E-state index >= 15 is 0 Å². The second-order valence-corrected chi connectivity index (χ2v) is 9.13. The molecule has 36 heavy (non-hydrogen) atoms. The fraction of sp³-hybridized carbons (Fsp3) is 0.385. The van der Waals surface area contributed by atoms with Gasteiger partial charge in [-0.05, 0) is 29.8 Å². The Morgan fingerprint density at radius 3 is 2.19 bits per heavy atom. The number of carbonyl (C=O) groups is 3. The van der Waals surface area contributed by atoms with Gasteiger partial charge < -0.3 is 20.9 Å². The third kappa shape index (κ3) is 5.95. The van der Waals surface area contributed by atoms with Crippen LogP contribution in [0, 0.1) is 5.82 Å². The predicted octanol–water partition coefficient (Wildman–Crippen LogP) is -1.09. The van der Waals surface area contributed by atoms with E-state index in [4.69, 9.17) is 11.1 Å². The fourth-order valence-corrected chi connectivity index (χ4v) is 4.63. The first-order valence-corrected chi connectivity index (χ1v) is 12.1. The highest BCUT2D eigenvalue weighted by Crippen LogP contribution is 2.17. The first kappa shape index (κ1) is 25.5. The Balaban J connectivity index is 1.38. The number of nitrogens with one attached hydrogen (secondary N) is 1. The third-order valence-electron chi connectivity index (χ3n) is 6.68. The maximum absolute atomic E-state index is 14.6. The van der Waals surface area contributed by atoms with Crippen molar-refractivity contribution in [2.45, 2.75) is 6.42 Å². The van der Waals surface area contributed by atoms with Gasteiger partial charge in [0.05, 0.1) is 29.7 Å². The van der Waals surface area contributed by atoms with Gasteiger partial charge in [-0.15, -0.1) is 0 Å². The average molecular weight is 496 g/mol. The quantitative estimate of drug-likeness (QED) is 0.421. The van der Waals surface area contributed by atoms with E-state index in [9.17, 15) is 18.8 Å². The van der Waals surface area contributed by atoms with E-state index in [0.29, 0.717) is 55.1 Å². The summed E-state index contributed by atoms with van der Waals surface area (Å²) in [5.74, 6) is -1.56. The van der Waals surface area contributed by atoms with Crippen LogP contribution in [-0.4, -0.2) is 97.0 Å². The van der Waals surface area contributed by atoms with Crippen molar-refractivity contribution in [3.05, 3.63) is 70.5 Å². The lowest BCUT2D eigenvalue weighted by Gasteiger charge is -2.36. The van der Waals surface area contributed by atoms with Crippen LogP contribution in [0.4, 0.5) is 4.39 Å². The van der Waals surface area contributed by atoms with Gasteiger partial charge in [-0.1, -0.05) is 18.2 Å². The Bertz CT molecular complexity index is 1160. The standard InChI is InChI=1S/C26H31FN6O3/c27-22-6-5-18(16-23(28)19-3-1-2-4-20(19)25(29)35)15-21(22)26(36)33-13-11-32(12-14-33)24(34)17-31-9-7-30-8-10-31/h1-6,15,28,30H,7-14,16-17H2,(H2,29,35)/p+1. The largest absolute Gasteiger partial charge is 0.366 e. The molecule has 5 N–H and O–H groups in total. The van der Waals surface area contributed by atoms with Crippen LogP contribution in [0.2, 0.25) is 0 Å². The molecular formula is C26H32FN6O3+. The summed E-state index contributed by atoms with van der Waals surface area (Å²) in [6, 6.07) is 11.1. The highest BCUT2D eigenvalue weighted by atomic mass is 19.1. The van der Waals surface area contributed by atoms with Crippen LogP contribution >= 0.6 is 0 Å². The molecule has 2 aromatic rings. The summed E-state index contributed by atoms with van der Waals surface area (Å²) < 4.78 is 14.6. The van der Waals surface area contributed by atoms with Crippen LogP contribution in [-0.2, 0) is 11.2 Å². The Kier molecular flexibility index (Phi) is 8.07. The molecule has 2 aromatic carbocycles. The molecule has 2 fully saturated rings. The Morgan fingerprint density at radius 2 is 1.53 bits per heavy atom. The topological polar surface area (TPSA) is 125 Å². The number of piperazine rings is 2. The number of benzene rings is 2. The van der Waals surface area contributed by atoms with Crippen molar-refractivity contribution in [2.75, 3.05) is 58.9 Å². The number of hydrogen-bond acceptors (Lipinski definition) is 5. The molecule has 4 rings (SSSR count). The number of halogens is 1. The smallest absolute Gasteiger partial charge is 0.256 e. The van der Waals surface area contributed by atoms with Gasteiger partial charge in [0.25, 0.3) is 5.91 Å². The van der Waals surface area contributed by atoms with E-state index in [0.717, 1.165) is 26.2 Å². The second kappa shape index (κ2) is 11.4. The van der Waals surface area contributed by atoms with Gasteiger partial charge in [0.2, 0.25) is 11.8 Å². The minimum Gasteiger partial charge on any atom is -0.366 e. The van der Waals surface area contributed by atoms with Crippen LogP contribution in [0.3, 0.4) is 0 Å². The van der Waals surface area contributed by atoms with Crippen molar-refractivity contribution in [2.24, 2.45) is 5.73 Å². The highest BCUT2D eigenvalue weighted by Gasteiger charge is 2.28. The summed E-state index contributed by atoms with van der Waals surface area (Å²) in [4.78, 5) is 43.0. The summed E-state index contributed by atoms with van der Waals surface area (Å²) in [7, 11) is 0. The van der Waals surface area contributed by atoms with Gasteiger partial charge in [-0.3, -0.25) is 24.7 Å². The van der Waals surface area contributed by atoms with E-state index in [1.807, 2.05) is 0 Å². The molecule has 2 aliphatic heterocycles. The molecule has 0 bridgehead atoms. The number of nitrogens with two attached hydrogens (primary N) is 2. The van der Waals surface area contributed by atoms with E-state index < -0.39 is 17.6 Å². The number of primary amides is 1. The van der Waals surface area contributed by atoms with Crippen LogP contribution in [0.5, 0.6) is 0 Å². The number of hydrogen-bond donors (Lipinski definition) is 3. The summed E-state index contributed by atoms with van der Waals surface area (Å²) in [6.45, 7) is 5.34. The molecule has 0 unspecified atom stereocenters. The summed E-state index contributed by atoms with van der Waals surface area (Å²) in [6.07, 6.45) is 0.221. The monoisotopic (exact) mass is 495 g/mol. The van der Waals surface area contributed by atoms with Crippen molar-refractivity contribution in [1.82, 2.24) is 20.0 Å². The van der Waals surface area contributed by atoms with Crippen molar-refractivity contribution < 1.29 is 24.2 Å². The number of rotatable bonds is 7. The van der Waals surface area contributed by atoms with Crippen molar-refractivity contribution >= 4 is 23.4 Å². The Morgan fingerprint density at radius 1 is 0.889 bits per heavy atom. The minimum absolute atomic E-state index is 0.0379. The van der Waals surface area contributed by atoms with Crippen LogP contribution in [0.15, 0.2) is 42.5 Å². The van der Waals surface area contributed by atoms with Crippen molar-refractivity contribution in [3.8, 4) is 0 Å². The molecule has 0 radical (unpaired) electrons. The predicted molar refractivity (Wildman–Crippen MR) is 133 cm³/mol. The molecule has 190 valence electrons. The van der Waals surface area contributed by atoms with Gasteiger partial charge in [0, 0.05) is 52.4 Å². The van der Waals surface area contributed by atoms with Gasteiger partial charge in [0.1, 0.15) is 5.82 Å². The van der Waals surface area contributed by atoms with E-state index in [2.05, 4.69) is 10.2 Å². The first-order valence-electron chi connectivity index (χ1n) is 12.1. The molecule has 3 amide bonds. The maximum atomic E-state index is 14.6. The SMILES string of the molecule is NC(=O)c1ccccc1C(=[NH2+])Cc1ccc(F)c(C(=O)N2CCN(C(=O)CN3CCNCC3)CC2)c1. The van der Waals surface area contributed by atoms with Gasteiger partial charge >= 0.3 is 0 Å².